The molecule has 0 atom stereocenters. The van der Waals surface area contributed by atoms with Gasteiger partial charge in [-0.25, -0.2) is 9.67 Å². The second-order valence-corrected chi connectivity index (χ2v) is 4.01. The number of aliphatic hydroxyl groups excluding tert-OH is 1. The molecule has 2 aromatic heterocycles. The highest BCUT2D eigenvalue weighted by Gasteiger charge is 2.00. The Morgan fingerprint density at radius 3 is 2.95 bits per heavy atom. The third-order valence-electron chi connectivity index (χ3n) is 2.56. The van der Waals surface area contributed by atoms with Crippen LogP contribution in [0.1, 0.15) is 11.3 Å². The molecule has 0 bridgehead atoms. The Balaban J connectivity index is 1.78. The summed E-state index contributed by atoms with van der Waals surface area (Å²) < 4.78 is 6.61. The van der Waals surface area contributed by atoms with Crippen LogP contribution in [0.2, 0.25) is 0 Å². The van der Waals surface area contributed by atoms with Gasteiger partial charge in [-0.15, -0.1) is 5.10 Å². The number of aromatic nitrogens is 4. The number of methoxy groups -OCH3 is 1. The minimum absolute atomic E-state index is 0.0632. The Morgan fingerprint density at radius 2 is 2.26 bits per heavy atom. The van der Waals surface area contributed by atoms with Crippen LogP contribution < -0.4 is 10.1 Å². The molecular formula is C12H17N5O2. The predicted molar refractivity (Wildman–Crippen MR) is 68.4 cm³/mol. The molecule has 2 aromatic rings. The lowest BCUT2D eigenvalue weighted by molar-refractivity contribution is 0.268. The quantitative estimate of drug-likeness (QED) is 0.729. The van der Waals surface area contributed by atoms with Crippen LogP contribution in [0, 0.1) is 0 Å². The van der Waals surface area contributed by atoms with Crippen molar-refractivity contribution in [2.24, 2.45) is 0 Å². The van der Waals surface area contributed by atoms with Gasteiger partial charge in [-0.05, 0) is 5.56 Å². The van der Waals surface area contributed by atoms with Gasteiger partial charge < -0.3 is 15.2 Å². The van der Waals surface area contributed by atoms with Crippen molar-refractivity contribution in [3.05, 3.63) is 35.8 Å². The van der Waals surface area contributed by atoms with E-state index in [1.807, 2.05) is 18.3 Å². The summed E-state index contributed by atoms with van der Waals surface area (Å²) in [6, 6.07) is 3.79. The molecule has 0 unspecified atom stereocenters. The Hall–Kier alpha value is -1.99. The van der Waals surface area contributed by atoms with E-state index in [9.17, 15) is 0 Å². The van der Waals surface area contributed by atoms with Gasteiger partial charge in [0.1, 0.15) is 0 Å². The first kappa shape index (κ1) is 13.4. The Bertz CT molecular complexity index is 497. The Morgan fingerprint density at radius 1 is 1.37 bits per heavy atom. The summed E-state index contributed by atoms with van der Waals surface area (Å²) in [5.41, 5.74) is 1.92. The third-order valence-corrected chi connectivity index (χ3v) is 2.56. The highest BCUT2D eigenvalue weighted by atomic mass is 16.5. The molecule has 7 heteroatoms. The first-order valence-corrected chi connectivity index (χ1v) is 6.01. The molecule has 0 saturated carbocycles. The molecular weight excluding hydrogens is 246 g/mol. The van der Waals surface area contributed by atoms with Crippen LogP contribution in [0.4, 0.5) is 0 Å². The van der Waals surface area contributed by atoms with Gasteiger partial charge in [0.25, 0.3) is 0 Å². The fourth-order valence-corrected chi connectivity index (χ4v) is 1.60. The number of aliphatic hydroxyl groups is 1. The molecule has 19 heavy (non-hydrogen) atoms. The summed E-state index contributed by atoms with van der Waals surface area (Å²) in [5, 5.41) is 19.9. The van der Waals surface area contributed by atoms with E-state index in [0.717, 1.165) is 11.3 Å². The zero-order chi connectivity index (χ0) is 13.5. The maximum Gasteiger partial charge on any atom is 0.212 e. The van der Waals surface area contributed by atoms with Gasteiger partial charge in [0.2, 0.25) is 5.88 Å². The lowest BCUT2D eigenvalue weighted by Gasteiger charge is -2.03. The van der Waals surface area contributed by atoms with Gasteiger partial charge in [-0.2, -0.15) is 0 Å². The van der Waals surface area contributed by atoms with Crippen molar-refractivity contribution < 1.29 is 9.84 Å². The fraction of sp³-hybridized carbons (Fsp3) is 0.417. The molecule has 2 N–H and O–H groups in total. The molecule has 0 aliphatic heterocycles. The molecule has 0 fully saturated rings. The maximum atomic E-state index is 8.78. The molecule has 0 saturated heterocycles. The van der Waals surface area contributed by atoms with Crippen LogP contribution in [0.5, 0.6) is 5.88 Å². The summed E-state index contributed by atoms with van der Waals surface area (Å²) in [7, 11) is 1.59. The number of nitrogens with one attached hydrogen (secondary N) is 1. The standard InChI is InChI=1S/C12H17N5O2/c1-19-12-3-2-10(7-14-12)6-13-8-11-9-17(4-5-18)16-15-11/h2-3,7,9,13,18H,4-6,8H2,1H3. The minimum atomic E-state index is 0.0632. The van der Waals surface area contributed by atoms with Crippen molar-refractivity contribution in [3.63, 3.8) is 0 Å². The van der Waals surface area contributed by atoms with Crippen LogP contribution in [0.25, 0.3) is 0 Å². The first-order chi connectivity index (χ1) is 9.31. The summed E-state index contributed by atoms with van der Waals surface area (Å²) in [5.74, 6) is 0.607. The molecule has 0 spiro atoms. The van der Waals surface area contributed by atoms with E-state index in [-0.39, 0.29) is 6.61 Å². The molecule has 0 aliphatic carbocycles. The van der Waals surface area contributed by atoms with E-state index in [1.54, 1.807) is 18.0 Å². The molecule has 0 aliphatic rings. The van der Waals surface area contributed by atoms with E-state index in [1.165, 1.54) is 0 Å². The molecule has 0 aromatic carbocycles. The van der Waals surface area contributed by atoms with Crippen LogP contribution in [0.3, 0.4) is 0 Å². The average Bonchev–Trinajstić information content (AvgIpc) is 2.88. The summed E-state index contributed by atoms with van der Waals surface area (Å²) in [4.78, 5) is 4.13. The number of nitrogens with zero attached hydrogens (tertiary/aromatic N) is 4. The molecule has 0 amide bonds. The van der Waals surface area contributed by atoms with Gasteiger partial charge in [0.15, 0.2) is 0 Å². The smallest absolute Gasteiger partial charge is 0.212 e. The summed E-state index contributed by atoms with van der Waals surface area (Å²) >= 11 is 0. The number of ether oxygens (including phenoxy) is 1. The normalized spacial score (nSPS) is 10.6. The predicted octanol–water partition coefficient (Wildman–Crippen LogP) is -0.0362. The highest BCUT2D eigenvalue weighted by molar-refractivity contribution is 5.17. The molecule has 0 radical (unpaired) electrons. The zero-order valence-corrected chi connectivity index (χ0v) is 10.8. The lowest BCUT2D eigenvalue weighted by atomic mass is 10.3. The van der Waals surface area contributed by atoms with Crippen LogP contribution in [-0.2, 0) is 19.6 Å². The lowest BCUT2D eigenvalue weighted by Crippen LogP contribution is -2.13. The molecule has 7 nitrogen and oxygen atoms in total. The van der Waals surface area contributed by atoms with Crippen LogP contribution in [-0.4, -0.2) is 38.8 Å². The topological polar surface area (TPSA) is 85.1 Å². The van der Waals surface area contributed by atoms with Crippen molar-refractivity contribution in [1.82, 2.24) is 25.3 Å². The van der Waals surface area contributed by atoms with Crippen LogP contribution in [0.15, 0.2) is 24.5 Å². The van der Waals surface area contributed by atoms with Crippen LogP contribution >= 0.6 is 0 Å². The van der Waals surface area contributed by atoms with Gasteiger partial charge >= 0.3 is 0 Å². The van der Waals surface area contributed by atoms with E-state index >= 15 is 0 Å². The monoisotopic (exact) mass is 263 g/mol. The molecule has 102 valence electrons. The van der Waals surface area contributed by atoms with E-state index in [4.69, 9.17) is 9.84 Å². The number of pyridine rings is 1. The summed E-state index contributed by atoms with van der Waals surface area (Å²) in [6.07, 6.45) is 3.59. The van der Waals surface area contributed by atoms with Crippen molar-refractivity contribution in [3.8, 4) is 5.88 Å². The minimum Gasteiger partial charge on any atom is -0.481 e. The SMILES string of the molecule is COc1ccc(CNCc2cn(CCO)nn2)cn1. The van der Waals surface area contributed by atoms with Gasteiger partial charge in [-0.1, -0.05) is 11.3 Å². The fourth-order valence-electron chi connectivity index (χ4n) is 1.60. The van der Waals surface area contributed by atoms with Gasteiger partial charge in [0.05, 0.1) is 26.0 Å². The Labute approximate surface area is 111 Å². The highest BCUT2D eigenvalue weighted by Crippen LogP contribution is 2.06. The third kappa shape index (κ3) is 4.01. The van der Waals surface area contributed by atoms with E-state index < -0.39 is 0 Å². The second kappa shape index (κ2) is 6.81. The first-order valence-electron chi connectivity index (χ1n) is 6.01. The average molecular weight is 263 g/mol. The maximum absolute atomic E-state index is 8.78. The van der Waals surface area contributed by atoms with Crippen molar-refractivity contribution in [2.45, 2.75) is 19.6 Å². The van der Waals surface area contributed by atoms with Gasteiger partial charge in [-0.3, -0.25) is 0 Å². The van der Waals surface area contributed by atoms with Crippen molar-refractivity contribution >= 4 is 0 Å². The Kier molecular flexibility index (Phi) is 4.82. The number of rotatable bonds is 7. The van der Waals surface area contributed by atoms with Gasteiger partial charge in [0, 0.05) is 31.5 Å². The zero-order valence-electron chi connectivity index (χ0n) is 10.8. The number of hydrogen-bond donors (Lipinski definition) is 2. The van der Waals surface area contributed by atoms with E-state index in [0.29, 0.717) is 25.5 Å². The van der Waals surface area contributed by atoms with Crippen molar-refractivity contribution in [2.75, 3.05) is 13.7 Å². The molecule has 2 rings (SSSR count). The largest absolute Gasteiger partial charge is 0.481 e. The summed E-state index contributed by atoms with van der Waals surface area (Å²) in [6.45, 7) is 1.85. The number of hydrogen-bond acceptors (Lipinski definition) is 6. The van der Waals surface area contributed by atoms with E-state index in [2.05, 4.69) is 20.6 Å². The molecule has 2 heterocycles. The second-order valence-electron chi connectivity index (χ2n) is 4.01. The van der Waals surface area contributed by atoms with Crippen molar-refractivity contribution in [1.29, 1.82) is 0 Å².